The molecule has 0 fully saturated rings. The second-order valence-corrected chi connectivity index (χ2v) is 6.45. The zero-order chi connectivity index (χ0) is 19.6. The second-order valence-electron chi connectivity index (χ2n) is 6.45. The van der Waals surface area contributed by atoms with Gasteiger partial charge in [0.1, 0.15) is 11.5 Å². The maximum Gasteiger partial charge on any atom is 0.188 e. The highest BCUT2D eigenvalue weighted by Gasteiger charge is 2.20. The Balaban J connectivity index is 2.54. The molecule has 0 aliphatic rings. The van der Waals surface area contributed by atoms with E-state index in [0.29, 0.717) is 0 Å². The van der Waals surface area contributed by atoms with E-state index < -0.39 is 0 Å². The molecule has 0 aliphatic carbocycles. The van der Waals surface area contributed by atoms with Crippen molar-refractivity contribution in [3.8, 4) is 11.5 Å². The number of para-hydroxylation sites is 2. The molecule has 2 aromatic rings. The van der Waals surface area contributed by atoms with Crippen molar-refractivity contribution in [2.45, 2.75) is 33.6 Å². The number of methoxy groups -OCH3 is 2. The number of unbranched alkanes of at least 4 members (excludes halogenated alkanes) is 1. The van der Waals surface area contributed by atoms with Crippen molar-refractivity contribution in [1.29, 1.82) is 0 Å². The van der Waals surface area contributed by atoms with Gasteiger partial charge in [0.2, 0.25) is 0 Å². The van der Waals surface area contributed by atoms with Gasteiger partial charge >= 0.3 is 0 Å². The predicted octanol–water partition coefficient (Wildman–Crippen LogP) is 5.21. The standard InChI is InChI=1S/C22H31NO4/c1-6-7-14-23(19-12-8-10-17(2)21(19)26-15-24-4)20-13-9-11-18(3)22(20)27-16-25-5/h8-13H,6-7,14-16H2,1-5H3. The van der Waals surface area contributed by atoms with Crippen LogP contribution in [-0.2, 0) is 9.47 Å². The quantitative estimate of drug-likeness (QED) is 0.506. The first-order valence-electron chi connectivity index (χ1n) is 9.34. The molecule has 0 heterocycles. The highest BCUT2D eigenvalue weighted by atomic mass is 16.7. The lowest BCUT2D eigenvalue weighted by molar-refractivity contribution is 0.0505. The van der Waals surface area contributed by atoms with Gasteiger partial charge in [0, 0.05) is 20.8 Å². The van der Waals surface area contributed by atoms with Crippen LogP contribution in [0.5, 0.6) is 11.5 Å². The molecule has 5 heteroatoms. The maximum atomic E-state index is 5.92. The van der Waals surface area contributed by atoms with Crippen LogP contribution in [0.15, 0.2) is 36.4 Å². The summed E-state index contributed by atoms with van der Waals surface area (Å²) in [7, 11) is 3.26. The monoisotopic (exact) mass is 373 g/mol. The summed E-state index contributed by atoms with van der Waals surface area (Å²) in [6.45, 7) is 7.56. The first kappa shape index (κ1) is 21.1. The van der Waals surface area contributed by atoms with Gasteiger partial charge in [-0.25, -0.2) is 0 Å². The van der Waals surface area contributed by atoms with E-state index in [-0.39, 0.29) is 13.6 Å². The smallest absolute Gasteiger partial charge is 0.188 e. The molecule has 0 atom stereocenters. The zero-order valence-electron chi connectivity index (χ0n) is 17.1. The molecule has 0 N–H and O–H groups in total. The molecule has 0 amide bonds. The lowest BCUT2D eigenvalue weighted by Gasteiger charge is -2.30. The van der Waals surface area contributed by atoms with E-state index in [0.717, 1.165) is 53.4 Å². The van der Waals surface area contributed by atoms with Crippen molar-refractivity contribution in [1.82, 2.24) is 0 Å². The summed E-state index contributed by atoms with van der Waals surface area (Å²) in [4.78, 5) is 2.26. The largest absolute Gasteiger partial charge is 0.465 e. The van der Waals surface area contributed by atoms with Gasteiger partial charge in [0.05, 0.1) is 11.4 Å². The first-order chi connectivity index (χ1) is 13.1. The van der Waals surface area contributed by atoms with Gasteiger partial charge in [-0.2, -0.15) is 0 Å². The van der Waals surface area contributed by atoms with Crippen molar-refractivity contribution >= 4 is 11.4 Å². The molecule has 0 bridgehead atoms. The van der Waals surface area contributed by atoms with Crippen LogP contribution in [0.4, 0.5) is 11.4 Å². The van der Waals surface area contributed by atoms with E-state index in [2.05, 4.69) is 36.1 Å². The minimum absolute atomic E-state index is 0.209. The van der Waals surface area contributed by atoms with Crippen molar-refractivity contribution in [3.63, 3.8) is 0 Å². The molecule has 0 saturated carbocycles. The lowest BCUT2D eigenvalue weighted by Crippen LogP contribution is -2.21. The highest BCUT2D eigenvalue weighted by Crippen LogP contribution is 2.41. The van der Waals surface area contributed by atoms with Crippen LogP contribution in [0.1, 0.15) is 30.9 Å². The SMILES string of the molecule is CCCCN(c1cccc(C)c1OCOC)c1cccc(C)c1OCOC. The van der Waals surface area contributed by atoms with Crippen molar-refractivity contribution in [3.05, 3.63) is 47.5 Å². The number of hydrogen-bond donors (Lipinski definition) is 0. The van der Waals surface area contributed by atoms with Crippen molar-refractivity contribution < 1.29 is 18.9 Å². The third-order valence-electron chi connectivity index (χ3n) is 4.34. The minimum atomic E-state index is 0.209. The molecule has 148 valence electrons. The Labute approximate surface area is 162 Å². The van der Waals surface area contributed by atoms with Gasteiger partial charge in [-0.3, -0.25) is 0 Å². The fraction of sp³-hybridized carbons (Fsp3) is 0.455. The summed E-state index contributed by atoms with van der Waals surface area (Å²) in [6, 6.07) is 12.4. The van der Waals surface area contributed by atoms with Crippen LogP contribution in [0.3, 0.4) is 0 Å². The Kier molecular flexibility index (Phi) is 8.43. The van der Waals surface area contributed by atoms with Crippen LogP contribution >= 0.6 is 0 Å². The van der Waals surface area contributed by atoms with E-state index in [9.17, 15) is 0 Å². The molecule has 0 aliphatic heterocycles. The second kappa shape index (κ2) is 10.8. The van der Waals surface area contributed by atoms with Gasteiger partial charge < -0.3 is 23.8 Å². The summed E-state index contributed by atoms with van der Waals surface area (Å²) < 4.78 is 22.1. The average Bonchev–Trinajstić information content (AvgIpc) is 2.67. The normalized spacial score (nSPS) is 10.7. The zero-order valence-corrected chi connectivity index (χ0v) is 17.1. The van der Waals surface area contributed by atoms with Gasteiger partial charge in [-0.05, 0) is 43.5 Å². The Morgan fingerprint density at radius 3 is 1.67 bits per heavy atom. The lowest BCUT2D eigenvalue weighted by atomic mass is 10.1. The summed E-state index contributed by atoms with van der Waals surface area (Å²) in [5.41, 5.74) is 4.15. The van der Waals surface area contributed by atoms with Gasteiger partial charge in [0.15, 0.2) is 13.6 Å². The minimum Gasteiger partial charge on any atom is -0.465 e. The average molecular weight is 373 g/mol. The number of nitrogens with zero attached hydrogens (tertiary/aromatic N) is 1. The summed E-state index contributed by atoms with van der Waals surface area (Å²) in [6.07, 6.45) is 2.14. The molecule has 0 spiro atoms. The number of aryl methyl sites for hydroxylation is 2. The molecule has 0 saturated heterocycles. The molecule has 0 unspecified atom stereocenters. The van der Waals surface area contributed by atoms with E-state index in [1.807, 2.05) is 26.0 Å². The highest BCUT2D eigenvalue weighted by molar-refractivity contribution is 5.75. The Hall–Kier alpha value is -2.24. The molecule has 2 aromatic carbocycles. The van der Waals surface area contributed by atoms with Crippen LogP contribution in [0.2, 0.25) is 0 Å². The van der Waals surface area contributed by atoms with E-state index >= 15 is 0 Å². The molecule has 5 nitrogen and oxygen atoms in total. The van der Waals surface area contributed by atoms with E-state index in [4.69, 9.17) is 18.9 Å². The molecule has 0 radical (unpaired) electrons. The number of hydrogen-bond acceptors (Lipinski definition) is 5. The summed E-state index contributed by atoms with van der Waals surface area (Å²) in [5, 5.41) is 0. The number of benzene rings is 2. The van der Waals surface area contributed by atoms with Crippen molar-refractivity contribution in [2.24, 2.45) is 0 Å². The molecular formula is C22H31NO4. The fourth-order valence-electron chi connectivity index (χ4n) is 3.00. The Morgan fingerprint density at radius 2 is 1.26 bits per heavy atom. The van der Waals surface area contributed by atoms with Gasteiger partial charge in [-0.1, -0.05) is 37.6 Å². The molecule has 0 aromatic heterocycles. The Bertz CT molecular complexity index is 660. The molecule has 2 rings (SSSR count). The van der Waals surface area contributed by atoms with Crippen LogP contribution in [0.25, 0.3) is 0 Å². The topological polar surface area (TPSA) is 40.2 Å². The predicted molar refractivity (Wildman–Crippen MR) is 109 cm³/mol. The van der Waals surface area contributed by atoms with Crippen LogP contribution in [0, 0.1) is 13.8 Å². The fourth-order valence-corrected chi connectivity index (χ4v) is 3.00. The molecule has 27 heavy (non-hydrogen) atoms. The third kappa shape index (κ3) is 5.37. The van der Waals surface area contributed by atoms with Crippen molar-refractivity contribution in [2.75, 3.05) is 39.3 Å². The van der Waals surface area contributed by atoms with E-state index in [1.165, 1.54) is 0 Å². The number of anilines is 2. The maximum absolute atomic E-state index is 5.92. The summed E-state index contributed by atoms with van der Waals surface area (Å²) in [5.74, 6) is 1.66. The Morgan fingerprint density at radius 1 is 0.778 bits per heavy atom. The van der Waals surface area contributed by atoms with Gasteiger partial charge in [-0.15, -0.1) is 0 Å². The van der Waals surface area contributed by atoms with E-state index in [1.54, 1.807) is 14.2 Å². The first-order valence-corrected chi connectivity index (χ1v) is 9.34. The van der Waals surface area contributed by atoms with Gasteiger partial charge in [0.25, 0.3) is 0 Å². The third-order valence-corrected chi connectivity index (χ3v) is 4.34. The number of ether oxygens (including phenoxy) is 4. The van der Waals surface area contributed by atoms with Crippen LogP contribution < -0.4 is 14.4 Å². The summed E-state index contributed by atoms with van der Waals surface area (Å²) >= 11 is 0. The molecular weight excluding hydrogens is 342 g/mol. The number of rotatable bonds is 11. The van der Waals surface area contributed by atoms with Crippen LogP contribution in [-0.4, -0.2) is 34.4 Å².